The summed E-state index contributed by atoms with van der Waals surface area (Å²) in [5, 5.41) is 4.18. The van der Waals surface area contributed by atoms with Gasteiger partial charge in [-0.1, -0.05) is 11.6 Å². The zero-order chi connectivity index (χ0) is 12.3. The Balaban J connectivity index is 2.25. The molecule has 0 aliphatic carbocycles. The van der Waals surface area contributed by atoms with Gasteiger partial charge in [-0.2, -0.15) is 0 Å². The number of ether oxygens (including phenoxy) is 1. The minimum Gasteiger partial charge on any atom is -0.492 e. The van der Waals surface area contributed by atoms with E-state index in [0.717, 1.165) is 23.9 Å². The predicted octanol–water partition coefficient (Wildman–Crippen LogP) is 3.51. The molecule has 1 aliphatic rings. The van der Waals surface area contributed by atoms with Gasteiger partial charge >= 0.3 is 0 Å². The molecule has 94 valence electrons. The second-order valence-corrected chi connectivity index (χ2v) is 5.02. The van der Waals surface area contributed by atoms with Crippen LogP contribution in [0.5, 0.6) is 5.75 Å². The van der Waals surface area contributed by atoms with Crippen LogP contribution in [0, 0.1) is 6.92 Å². The fraction of sp³-hybridized carbons (Fsp3) is 0.571. The molecule has 1 heterocycles. The van der Waals surface area contributed by atoms with Crippen molar-refractivity contribution in [3.63, 3.8) is 0 Å². The first-order chi connectivity index (χ1) is 8.22. The number of aryl methyl sites for hydroxylation is 1. The normalized spacial score (nSPS) is 20.3. The summed E-state index contributed by atoms with van der Waals surface area (Å²) in [6, 6.07) is 4.15. The van der Waals surface area contributed by atoms with Gasteiger partial charge in [0.2, 0.25) is 0 Å². The molecule has 2 rings (SSSR count). The van der Waals surface area contributed by atoms with E-state index >= 15 is 0 Å². The van der Waals surface area contributed by atoms with Gasteiger partial charge in [0.15, 0.2) is 0 Å². The lowest BCUT2D eigenvalue weighted by molar-refractivity contribution is 0.340. The topological polar surface area (TPSA) is 21.3 Å². The summed E-state index contributed by atoms with van der Waals surface area (Å²) < 4.78 is 5.51. The number of rotatable bonds is 3. The summed E-state index contributed by atoms with van der Waals surface area (Å²) in [5.74, 6) is 1.40. The third kappa shape index (κ3) is 2.93. The fourth-order valence-electron chi connectivity index (χ4n) is 2.49. The van der Waals surface area contributed by atoms with Crippen LogP contribution in [0.3, 0.4) is 0 Å². The Bertz CT molecular complexity index is 386. The SMILES string of the molecule is CCOc1cc(C)c(C2CCCNC2)cc1Cl. The third-order valence-corrected chi connectivity index (χ3v) is 3.65. The van der Waals surface area contributed by atoms with Crippen LogP contribution >= 0.6 is 11.6 Å². The van der Waals surface area contributed by atoms with Gasteiger partial charge in [0, 0.05) is 6.54 Å². The minimum atomic E-state index is 0.594. The lowest BCUT2D eigenvalue weighted by Crippen LogP contribution is -2.28. The van der Waals surface area contributed by atoms with Gasteiger partial charge in [0.1, 0.15) is 5.75 Å². The van der Waals surface area contributed by atoms with E-state index in [9.17, 15) is 0 Å². The Morgan fingerprint density at radius 3 is 2.94 bits per heavy atom. The lowest BCUT2D eigenvalue weighted by atomic mass is 9.89. The van der Waals surface area contributed by atoms with Crippen LogP contribution in [0.1, 0.15) is 36.8 Å². The molecule has 0 radical (unpaired) electrons. The molecule has 1 unspecified atom stereocenters. The standard InChI is InChI=1S/C14H20ClNO/c1-3-17-14-7-10(2)12(8-13(14)15)11-5-4-6-16-9-11/h7-8,11,16H,3-6,9H2,1-2H3. The second kappa shape index (κ2) is 5.74. The number of hydrogen-bond acceptors (Lipinski definition) is 2. The van der Waals surface area contributed by atoms with Crippen molar-refractivity contribution >= 4 is 11.6 Å². The van der Waals surface area contributed by atoms with Crippen LogP contribution in [-0.2, 0) is 0 Å². The summed E-state index contributed by atoms with van der Waals surface area (Å²) in [6.45, 7) is 6.97. The molecule has 1 N–H and O–H groups in total. The van der Waals surface area contributed by atoms with E-state index in [-0.39, 0.29) is 0 Å². The minimum absolute atomic E-state index is 0.594. The third-order valence-electron chi connectivity index (χ3n) is 3.36. The highest BCUT2D eigenvalue weighted by Crippen LogP contribution is 2.34. The molecule has 1 saturated heterocycles. The Kier molecular flexibility index (Phi) is 4.30. The van der Waals surface area contributed by atoms with Gasteiger partial charge in [0.05, 0.1) is 11.6 Å². The number of halogens is 1. The summed E-state index contributed by atoms with van der Waals surface area (Å²) in [5.41, 5.74) is 2.65. The van der Waals surface area contributed by atoms with Crippen LogP contribution in [0.2, 0.25) is 5.02 Å². The number of hydrogen-bond donors (Lipinski definition) is 1. The van der Waals surface area contributed by atoms with Crippen LogP contribution in [-0.4, -0.2) is 19.7 Å². The van der Waals surface area contributed by atoms with Crippen molar-refractivity contribution in [3.8, 4) is 5.75 Å². The molecular weight excluding hydrogens is 234 g/mol. The van der Waals surface area contributed by atoms with E-state index < -0.39 is 0 Å². The highest BCUT2D eigenvalue weighted by atomic mass is 35.5. The first-order valence-corrected chi connectivity index (χ1v) is 6.73. The average molecular weight is 254 g/mol. The van der Waals surface area contributed by atoms with Gasteiger partial charge in [0.25, 0.3) is 0 Å². The maximum atomic E-state index is 6.25. The zero-order valence-electron chi connectivity index (χ0n) is 10.6. The van der Waals surface area contributed by atoms with Gasteiger partial charge < -0.3 is 10.1 Å². The van der Waals surface area contributed by atoms with E-state index in [0.29, 0.717) is 12.5 Å². The maximum Gasteiger partial charge on any atom is 0.138 e. The van der Waals surface area contributed by atoms with Crippen molar-refractivity contribution in [2.45, 2.75) is 32.6 Å². The first kappa shape index (κ1) is 12.7. The Morgan fingerprint density at radius 1 is 1.47 bits per heavy atom. The molecule has 1 atom stereocenters. The lowest BCUT2D eigenvalue weighted by Gasteiger charge is -2.25. The van der Waals surface area contributed by atoms with Crippen molar-refractivity contribution in [3.05, 3.63) is 28.3 Å². The monoisotopic (exact) mass is 253 g/mol. The van der Waals surface area contributed by atoms with Crippen LogP contribution in [0.4, 0.5) is 0 Å². The smallest absolute Gasteiger partial charge is 0.138 e. The second-order valence-electron chi connectivity index (χ2n) is 4.62. The van der Waals surface area contributed by atoms with E-state index in [1.54, 1.807) is 0 Å². The van der Waals surface area contributed by atoms with Gasteiger partial charge in [-0.3, -0.25) is 0 Å². The molecule has 17 heavy (non-hydrogen) atoms. The quantitative estimate of drug-likeness (QED) is 0.890. The van der Waals surface area contributed by atoms with Crippen molar-refractivity contribution < 1.29 is 4.74 Å². The number of piperidine rings is 1. The van der Waals surface area contributed by atoms with Crippen LogP contribution < -0.4 is 10.1 Å². The molecule has 1 aromatic carbocycles. The van der Waals surface area contributed by atoms with Crippen molar-refractivity contribution in [2.75, 3.05) is 19.7 Å². The molecule has 2 nitrogen and oxygen atoms in total. The summed E-state index contributed by atoms with van der Waals surface area (Å²) in [7, 11) is 0. The Labute approximate surface area is 108 Å². The highest BCUT2D eigenvalue weighted by molar-refractivity contribution is 6.32. The van der Waals surface area contributed by atoms with Crippen molar-refractivity contribution in [2.24, 2.45) is 0 Å². The fourth-order valence-corrected chi connectivity index (χ4v) is 2.72. The Morgan fingerprint density at radius 2 is 2.29 bits per heavy atom. The van der Waals surface area contributed by atoms with E-state index in [1.165, 1.54) is 24.0 Å². The van der Waals surface area contributed by atoms with E-state index in [4.69, 9.17) is 16.3 Å². The average Bonchev–Trinajstić information content (AvgIpc) is 2.35. The van der Waals surface area contributed by atoms with Crippen LogP contribution in [0.25, 0.3) is 0 Å². The summed E-state index contributed by atoms with van der Waals surface area (Å²) in [4.78, 5) is 0. The molecule has 1 aliphatic heterocycles. The Hall–Kier alpha value is -0.730. The van der Waals surface area contributed by atoms with Crippen molar-refractivity contribution in [1.82, 2.24) is 5.32 Å². The first-order valence-electron chi connectivity index (χ1n) is 6.36. The number of nitrogens with one attached hydrogen (secondary N) is 1. The molecule has 0 amide bonds. The predicted molar refractivity (Wildman–Crippen MR) is 72.2 cm³/mol. The van der Waals surface area contributed by atoms with Crippen LogP contribution in [0.15, 0.2) is 12.1 Å². The molecule has 3 heteroatoms. The van der Waals surface area contributed by atoms with Crippen molar-refractivity contribution in [1.29, 1.82) is 0 Å². The molecule has 0 bridgehead atoms. The maximum absolute atomic E-state index is 6.25. The number of benzene rings is 1. The van der Waals surface area contributed by atoms with Gasteiger partial charge in [-0.05, 0) is 62.4 Å². The van der Waals surface area contributed by atoms with E-state index in [1.807, 2.05) is 6.92 Å². The van der Waals surface area contributed by atoms with Gasteiger partial charge in [-0.15, -0.1) is 0 Å². The van der Waals surface area contributed by atoms with Gasteiger partial charge in [-0.25, -0.2) is 0 Å². The highest BCUT2D eigenvalue weighted by Gasteiger charge is 2.18. The largest absolute Gasteiger partial charge is 0.492 e. The molecular formula is C14H20ClNO. The van der Waals surface area contributed by atoms with E-state index in [2.05, 4.69) is 24.4 Å². The molecule has 0 spiro atoms. The summed E-state index contributed by atoms with van der Waals surface area (Å²) in [6.07, 6.45) is 2.49. The molecule has 0 aromatic heterocycles. The zero-order valence-corrected chi connectivity index (χ0v) is 11.3. The summed E-state index contributed by atoms with van der Waals surface area (Å²) >= 11 is 6.25. The molecule has 1 fully saturated rings. The molecule has 0 saturated carbocycles. The molecule has 1 aromatic rings.